The fourth-order valence-electron chi connectivity index (χ4n) is 2.08. The van der Waals surface area contributed by atoms with Crippen LogP contribution in [0.25, 0.3) is 0 Å². The minimum absolute atomic E-state index is 0.0183. The highest BCUT2D eigenvalue weighted by atomic mass is 35.5. The average molecular weight is 313 g/mol. The minimum atomic E-state index is -0.191. The third-order valence-electron chi connectivity index (χ3n) is 3.29. The maximum absolute atomic E-state index is 12.1. The van der Waals surface area contributed by atoms with Gasteiger partial charge in [0.2, 0.25) is 0 Å². The van der Waals surface area contributed by atoms with E-state index >= 15 is 0 Å². The lowest BCUT2D eigenvalue weighted by molar-refractivity contribution is 0.165. The number of nitrogens with zero attached hydrogens (tertiary/aromatic N) is 1. The van der Waals surface area contributed by atoms with Crippen LogP contribution in [0.3, 0.4) is 0 Å². The summed E-state index contributed by atoms with van der Waals surface area (Å²) in [6.45, 7) is 2.61. The van der Waals surface area contributed by atoms with E-state index in [1.165, 1.54) is 0 Å². The first kappa shape index (κ1) is 15.9. The lowest BCUT2D eigenvalue weighted by atomic mass is 10.3. The van der Waals surface area contributed by atoms with E-state index in [0.29, 0.717) is 23.9 Å². The molecule has 1 atom stereocenters. The number of para-hydroxylation sites is 1. The molecular formula is C15H21ClN2O3. The minimum Gasteiger partial charge on any atom is -0.487 e. The third kappa shape index (κ3) is 4.79. The highest BCUT2D eigenvalue weighted by Gasteiger charge is 2.32. The van der Waals surface area contributed by atoms with Crippen molar-refractivity contribution < 1.29 is 14.6 Å². The molecule has 1 aliphatic rings. The van der Waals surface area contributed by atoms with Gasteiger partial charge >= 0.3 is 6.03 Å². The Hall–Kier alpha value is -1.46. The number of hydrogen-bond acceptors (Lipinski definition) is 3. The van der Waals surface area contributed by atoms with Crippen molar-refractivity contribution in [3.8, 4) is 5.75 Å². The second-order valence-electron chi connectivity index (χ2n) is 5.19. The van der Waals surface area contributed by atoms with Gasteiger partial charge in [-0.05, 0) is 31.9 Å². The molecule has 1 aromatic rings. The van der Waals surface area contributed by atoms with E-state index < -0.39 is 0 Å². The lowest BCUT2D eigenvalue weighted by Crippen LogP contribution is -2.45. The summed E-state index contributed by atoms with van der Waals surface area (Å²) in [7, 11) is 0. The maximum atomic E-state index is 12.1. The number of nitrogens with one attached hydrogen (secondary N) is 1. The van der Waals surface area contributed by atoms with Gasteiger partial charge in [-0.2, -0.15) is 0 Å². The molecule has 1 aliphatic carbocycles. The van der Waals surface area contributed by atoms with Crippen LogP contribution >= 0.6 is 11.6 Å². The number of aliphatic hydroxyl groups is 1. The number of ether oxygens (including phenoxy) is 1. The molecule has 0 bridgehead atoms. The Morgan fingerprint density at radius 2 is 2.24 bits per heavy atom. The number of aliphatic hydroxyl groups excluding tert-OH is 1. The molecule has 6 heteroatoms. The molecule has 0 spiro atoms. The standard InChI is InChI=1S/C15H21ClN2O3/c1-11(21-14-5-3-2-4-13(14)16)10-17-15(20)18(8-9-19)12-6-7-12/h2-5,11-12,19H,6-10H2,1H3,(H,17,20). The van der Waals surface area contributed by atoms with Gasteiger partial charge in [0, 0.05) is 12.6 Å². The molecule has 0 radical (unpaired) electrons. The van der Waals surface area contributed by atoms with Gasteiger partial charge < -0.3 is 20.1 Å². The first-order valence-corrected chi connectivity index (χ1v) is 7.56. The Balaban J connectivity index is 1.79. The molecule has 1 aromatic carbocycles. The molecule has 2 rings (SSSR count). The van der Waals surface area contributed by atoms with Crippen molar-refractivity contribution in [1.82, 2.24) is 10.2 Å². The van der Waals surface area contributed by atoms with Crippen molar-refractivity contribution >= 4 is 17.6 Å². The predicted octanol–water partition coefficient (Wildman–Crippen LogP) is 2.27. The summed E-state index contributed by atoms with van der Waals surface area (Å²) in [5.74, 6) is 0.607. The van der Waals surface area contributed by atoms with Crippen LogP contribution in [-0.4, -0.2) is 47.9 Å². The van der Waals surface area contributed by atoms with Gasteiger partial charge in [-0.1, -0.05) is 23.7 Å². The number of rotatable bonds is 7. The van der Waals surface area contributed by atoms with Crippen LogP contribution in [-0.2, 0) is 0 Å². The molecule has 0 aliphatic heterocycles. The van der Waals surface area contributed by atoms with Gasteiger partial charge in [0.05, 0.1) is 18.2 Å². The van der Waals surface area contributed by atoms with Gasteiger partial charge in [-0.15, -0.1) is 0 Å². The number of benzene rings is 1. The molecule has 2 N–H and O–H groups in total. The van der Waals surface area contributed by atoms with E-state index in [9.17, 15) is 4.79 Å². The number of amides is 2. The van der Waals surface area contributed by atoms with E-state index in [0.717, 1.165) is 12.8 Å². The molecule has 0 heterocycles. The Bertz CT molecular complexity index is 480. The van der Waals surface area contributed by atoms with Gasteiger partial charge in [0.25, 0.3) is 0 Å². The molecule has 2 amide bonds. The monoisotopic (exact) mass is 312 g/mol. The molecule has 1 fully saturated rings. The fraction of sp³-hybridized carbons (Fsp3) is 0.533. The molecule has 0 saturated heterocycles. The van der Waals surface area contributed by atoms with Gasteiger partial charge in [-0.25, -0.2) is 4.79 Å². The summed E-state index contributed by atoms with van der Waals surface area (Å²) in [6.07, 6.45) is 1.84. The number of hydrogen-bond donors (Lipinski definition) is 2. The molecule has 116 valence electrons. The fourth-order valence-corrected chi connectivity index (χ4v) is 2.26. The summed E-state index contributed by atoms with van der Waals surface area (Å²) in [4.78, 5) is 13.7. The summed E-state index contributed by atoms with van der Waals surface area (Å²) >= 11 is 6.02. The number of halogens is 1. The summed E-state index contributed by atoms with van der Waals surface area (Å²) in [6, 6.07) is 7.37. The number of carbonyl (C=O) groups is 1. The SMILES string of the molecule is CC(CNC(=O)N(CCO)C1CC1)Oc1ccccc1Cl. The molecule has 5 nitrogen and oxygen atoms in total. The topological polar surface area (TPSA) is 61.8 Å². The smallest absolute Gasteiger partial charge is 0.317 e. The summed E-state index contributed by atoms with van der Waals surface area (Å²) in [5, 5.41) is 12.4. The van der Waals surface area contributed by atoms with E-state index in [2.05, 4.69) is 5.32 Å². The van der Waals surface area contributed by atoms with Crippen molar-refractivity contribution in [3.05, 3.63) is 29.3 Å². The second-order valence-corrected chi connectivity index (χ2v) is 5.60. The lowest BCUT2D eigenvalue weighted by Gasteiger charge is -2.23. The highest BCUT2D eigenvalue weighted by molar-refractivity contribution is 6.32. The largest absolute Gasteiger partial charge is 0.487 e. The van der Waals surface area contributed by atoms with Crippen molar-refractivity contribution in [2.45, 2.75) is 31.9 Å². The first-order valence-electron chi connectivity index (χ1n) is 7.18. The van der Waals surface area contributed by atoms with Crippen LogP contribution in [0.2, 0.25) is 5.02 Å². The molecule has 21 heavy (non-hydrogen) atoms. The van der Waals surface area contributed by atoms with Crippen molar-refractivity contribution in [3.63, 3.8) is 0 Å². The van der Waals surface area contributed by atoms with Gasteiger partial charge in [0.15, 0.2) is 0 Å². The Kier molecular flexibility index (Phi) is 5.70. The molecule has 0 aromatic heterocycles. The van der Waals surface area contributed by atoms with Crippen LogP contribution in [0.5, 0.6) is 5.75 Å². The summed E-state index contributed by atoms with van der Waals surface area (Å²) in [5.41, 5.74) is 0. The molecule has 1 unspecified atom stereocenters. The Morgan fingerprint density at radius 1 is 1.52 bits per heavy atom. The van der Waals surface area contributed by atoms with Crippen LogP contribution in [0, 0.1) is 0 Å². The van der Waals surface area contributed by atoms with Crippen molar-refractivity contribution in [2.75, 3.05) is 19.7 Å². The quantitative estimate of drug-likeness (QED) is 0.812. The maximum Gasteiger partial charge on any atom is 0.317 e. The van der Waals surface area contributed by atoms with Gasteiger partial charge in [0.1, 0.15) is 11.9 Å². The highest BCUT2D eigenvalue weighted by Crippen LogP contribution is 2.26. The van der Waals surface area contributed by atoms with E-state index in [1.54, 1.807) is 17.0 Å². The normalized spacial score (nSPS) is 15.4. The predicted molar refractivity (Wildman–Crippen MR) is 81.8 cm³/mol. The van der Waals surface area contributed by atoms with Crippen LogP contribution in [0.4, 0.5) is 4.79 Å². The van der Waals surface area contributed by atoms with E-state index in [-0.39, 0.29) is 24.8 Å². The second kappa shape index (κ2) is 7.52. The zero-order chi connectivity index (χ0) is 15.2. The van der Waals surface area contributed by atoms with Crippen LogP contribution in [0.1, 0.15) is 19.8 Å². The van der Waals surface area contributed by atoms with Crippen molar-refractivity contribution in [2.24, 2.45) is 0 Å². The zero-order valence-electron chi connectivity index (χ0n) is 12.1. The zero-order valence-corrected chi connectivity index (χ0v) is 12.8. The van der Waals surface area contributed by atoms with Gasteiger partial charge in [-0.3, -0.25) is 0 Å². The Labute approximate surface area is 129 Å². The molecule has 1 saturated carbocycles. The molecular weight excluding hydrogens is 292 g/mol. The number of carbonyl (C=O) groups excluding carboxylic acids is 1. The van der Waals surface area contributed by atoms with Crippen LogP contribution in [0.15, 0.2) is 24.3 Å². The third-order valence-corrected chi connectivity index (χ3v) is 3.61. The van der Waals surface area contributed by atoms with E-state index in [1.807, 2.05) is 19.1 Å². The van der Waals surface area contributed by atoms with Crippen LogP contribution < -0.4 is 10.1 Å². The Morgan fingerprint density at radius 3 is 2.86 bits per heavy atom. The van der Waals surface area contributed by atoms with E-state index in [4.69, 9.17) is 21.4 Å². The average Bonchev–Trinajstić information content (AvgIpc) is 3.29. The first-order chi connectivity index (χ1) is 10.1. The number of urea groups is 1. The summed E-state index contributed by atoms with van der Waals surface area (Å²) < 4.78 is 5.70. The van der Waals surface area contributed by atoms with Crippen molar-refractivity contribution in [1.29, 1.82) is 0 Å².